The topological polar surface area (TPSA) is 33.6 Å². The van der Waals surface area contributed by atoms with Crippen molar-refractivity contribution in [3.63, 3.8) is 0 Å². The van der Waals surface area contributed by atoms with Gasteiger partial charge in [-0.15, -0.1) is 0 Å². The molecule has 0 aliphatic carbocycles. The molecular formula is C20H17ClN2O. The molecule has 3 rings (SSSR count). The van der Waals surface area contributed by atoms with E-state index in [1.807, 2.05) is 78.9 Å². The molecule has 3 nitrogen and oxygen atoms in total. The molecule has 0 unspecified atom stereocenters. The lowest BCUT2D eigenvalue weighted by Gasteiger charge is -2.07. The highest BCUT2D eigenvalue weighted by Gasteiger charge is 1.98. The Morgan fingerprint density at radius 1 is 0.917 bits per heavy atom. The molecule has 3 aromatic rings. The van der Waals surface area contributed by atoms with Crippen LogP contribution >= 0.6 is 11.6 Å². The van der Waals surface area contributed by atoms with E-state index in [1.165, 1.54) is 0 Å². The third-order valence-corrected chi connectivity index (χ3v) is 3.61. The van der Waals surface area contributed by atoms with Gasteiger partial charge >= 0.3 is 0 Å². The summed E-state index contributed by atoms with van der Waals surface area (Å²) in [6.45, 7) is 0.500. The first kappa shape index (κ1) is 16.1. The van der Waals surface area contributed by atoms with Gasteiger partial charge < -0.3 is 4.74 Å². The lowest BCUT2D eigenvalue weighted by Crippen LogP contribution is -1.96. The summed E-state index contributed by atoms with van der Waals surface area (Å²) in [4.78, 5) is 0. The largest absolute Gasteiger partial charge is 0.489 e. The molecule has 0 spiro atoms. The predicted molar refractivity (Wildman–Crippen MR) is 99.9 cm³/mol. The van der Waals surface area contributed by atoms with E-state index in [-0.39, 0.29) is 0 Å². The molecule has 4 heteroatoms. The fourth-order valence-electron chi connectivity index (χ4n) is 2.13. The highest BCUT2D eigenvalue weighted by molar-refractivity contribution is 6.30. The lowest BCUT2D eigenvalue weighted by molar-refractivity contribution is 0.306. The Morgan fingerprint density at radius 2 is 1.71 bits per heavy atom. The zero-order valence-electron chi connectivity index (χ0n) is 13.0. The molecular weight excluding hydrogens is 320 g/mol. The second-order valence-electron chi connectivity index (χ2n) is 5.22. The van der Waals surface area contributed by atoms with Crippen LogP contribution in [0.2, 0.25) is 5.02 Å². The average molecular weight is 337 g/mol. The highest BCUT2D eigenvalue weighted by Crippen LogP contribution is 2.16. The van der Waals surface area contributed by atoms with Crippen LogP contribution in [0.1, 0.15) is 11.1 Å². The summed E-state index contributed by atoms with van der Waals surface area (Å²) in [5.74, 6) is 0.800. The first-order chi connectivity index (χ1) is 11.8. The minimum absolute atomic E-state index is 0.500. The second kappa shape index (κ2) is 8.18. The van der Waals surface area contributed by atoms with E-state index in [0.717, 1.165) is 27.6 Å². The average Bonchev–Trinajstić information content (AvgIpc) is 2.63. The van der Waals surface area contributed by atoms with E-state index in [4.69, 9.17) is 16.3 Å². The van der Waals surface area contributed by atoms with Gasteiger partial charge in [0.15, 0.2) is 0 Å². The van der Waals surface area contributed by atoms with Gasteiger partial charge in [0.2, 0.25) is 0 Å². The third kappa shape index (κ3) is 4.86. The number of anilines is 1. The van der Waals surface area contributed by atoms with Crippen molar-refractivity contribution in [2.24, 2.45) is 5.10 Å². The van der Waals surface area contributed by atoms with E-state index in [0.29, 0.717) is 6.61 Å². The van der Waals surface area contributed by atoms with E-state index in [1.54, 1.807) is 6.21 Å². The number of hydrazone groups is 1. The number of para-hydroxylation sites is 1. The fraction of sp³-hybridized carbons (Fsp3) is 0.0500. The Hall–Kier alpha value is -2.78. The number of hydrogen-bond acceptors (Lipinski definition) is 3. The predicted octanol–water partition coefficient (Wildman–Crippen LogP) is 5.37. The number of rotatable bonds is 6. The van der Waals surface area contributed by atoms with Gasteiger partial charge in [-0.1, -0.05) is 54.1 Å². The van der Waals surface area contributed by atoms with Crippen LogP contribution in [0.25, 0.3) is 0 Å². The maximum atomic E-state index is 5.88. The smallest absolute Gasteiger partial charge is 0.120 e. The van der Waals surface area contributed by atoms with Crippen LogP contribution in [-0.2, 0) is 6.61 Å². The fourth-order valence-corrected chi connectivity index (χ4v) is 2.25. The van der Waals surface area contributed by atoms with Crippen molar-refractivity contribution in [1.82, 2.24) is 0 Å². The van der Waals surface area contributed by atoms with Crippen molar-refractivity contribution in [2.75, 3.05) is 5.43 Å². The van der Waals surface area contributed by atoms with Crippen LogP contribution in [0.5, 0.6) is 5.75 Å². The van der Waals surface area contributed by atoms with Crippen LogP contribution in [0.4, 0.5) is 5.69 Å². The minimum atomic E-state index is 0.500. The van der Waals surface area contributed by atoms with Gasteiger partial charge in [0, 0.05) is 5.02 Å². The molecule has 24 heavy (non-hydrogen) atoms. The van der Waals surface area contributed by atoms with Crippen LogP contribution in [0.15, 0.2) is 84.0 Å². The zero-order chi connectivity index (χ0) is 16.6. The van der Waals surface area contributed by atoms with Crippen molar-refractivity contribution in [3.05, 3.63) is 95.0 Å². The van der Waals surface area contributed by atoms with Crippen LogP contribution in [0.3, 0.4) is 0 Å². The van der Waals surface area contributed by atoms with Crippen molar-refractivity contribution in [2.45, 2.75) is 6.61 Å². The first-order valence-corrected chi connectivity index (χ1v) is 7.99. The summed E-state index contributed by atoms with van der Waals surface area (Å²) in [5.41, 5.74) is 5.98. The summed E-state index contributed by atoms with van der Waals surface area (Å²) >= 11 is 5.88. The van der Waals surface area contributed by atoms with E-state index in [9.17, 15) is 0 Å². The van der Waals surface area contributed by atoms with Gasteiger partial charge in [0.05, 0.1) is 11.9 Å². The number of hydrogen-bond donors (Lipinski definition) is 1. The number of nitrogens with zero attached hydrogens (tertiary/aromatic N) is 1. The molecule has 3 aromatic carbocycles. The Morgan fingerprint density at radius 3 is 2.50 bits per heavy atom. The molecule has 0 bridgehead atoms. The van der Waals surface area contributed by atoms with Crippen LogP contribution in [-0.4, -0.2) is 6.21 Å². The summed E-state index contributed by atoms with van der Waals surface area (Å²) in [7, 11) is 0. The molecule has 1 N–H and O–H groups in total. The normalized spacial score (nSPS) is 10.7. The highest BCUT2D eigenvalue weighted by atomic mass is 35.5. The van der Waals surface area contributed by atoms with Crippen molar-refractivity contribution < 1.29 is 4.74 Å². The number of nitrogens with one attached hydrogen (secondary N) is 1. The summed E-state index contributed by atoms with van der Waals surface area (Å²) in [6.07, 6.45) is 1.77. The number of ether oxygens (including phenoxy) is 1. The zero-order valence-corrected chi connectivity index (χ0v) is 13.8. The summed E-state index contributed by atoms with van der Waals surface area (Å²) in [6, 6.07) is 25.2. The molecule has 0 radical (unpaired) electrons. The van der Waals surface area contributed by atoms with Gasteiger partial charge in [-0.2, -0.15) is 5.10 Å². The van der Waals surface area contributed by atoms with Gasteiger partial charge in [0.25, 0.3) is 0 Å². The van der Waals surface area contributed by atoms with Gasteiger partial charge in [-0.25, -0.2) is 0 Å². The third-order valence-electron chi connectivity index (χ3n) is 3.36. The van der Waals surface area contributed by atoms with Gasteiger partial charge in [-0.3, -0.25) is 5.43 Å². The van der Waals surface area contributed by atoms with E-state index >= 15 is 0 Å². The molecule has 0 aliphatic heterocycles. The Labute approximate surface area is 146 Å². The molecule has 0 aromatic heterocycles. The second-order valence-corrected chi connectivity index (χ2v) is 5.66. The molecule has 0 amide bonds. The molecule has 120 valence electrons. The number of halogens is 1. The summed E-state index contributed by atoms with van der Waals surface area (Å²) in [5, 5.41) is 4.96. The Balaban J connectivity index is 1.58. The minimum Gasteiger partial charge on any atom is -0.489 e. The maximum absolute atomic E-state index is 5.88. The molecule has 0 fully saturated rings. The van der Waals surface area contributed by atoms with Crippen molar-refractivity contribution >= 4 is 23.5 Å². The quantitative estimate of drug-likeness (QED) is 0.485. The van der Waals surface area contributed by atoms with E-state index in [2.05, 4.69) is 10.5 Å². The van der Waals surface area contributed by atoms with Crippen LogP contribution < -0.4 is 10.2 Å². The molecule has 0 saturated heterocycles. The standard InChI is InChI=1S/C20H17ClN2O/c21-18-11-9-16(10-12-18)15-24-20-8-4-5-17(13-20)14-22-23-19-6-2-1-3-7-19/h1-14,23H,15H2/b22-14-. The molecule has 0 atom stereocenters. The summed E-state index contributed by atoms with van der Waals surface area (Å²) < 4.78 is 5.81. The van der Waals surface area contributed by atoms with Crippen LogP contribution in [0, 0.1) is 0 Å². The van der Waals surface area contributed by atoms with Crippen molar-refractivity contribution in [1.29, 1.82) is 0 Å². The lowest BCUT2D eigenvalue weighted by atomic mass is 10.2. The molecule has 0 aliphatic rings. The van der Waals surface area contributed by atoms with E-state index < -0.39 is 0 Å². The molecule has 0 saturated carbocycles. The Kier molecular flexibility index (Phi) is 5.48. The van der Waals surface area contributed by atoms with Gasteiger partial charge in [-0.05, 0) is 47.5 Å². The van der Waals surface area contributed by atoms with Gasteiger partial charge in [0.1, 0.15) is 12.4 Å². The Bertz CT molecular complexity index is 801. The first-order valence-electron chi connectivity index (χ1n) is 7.61. The SMILES string of the molecule is Clc1ccc(COc2cccc(/C=N\Nc3ccccc3)c2)cc1. The maximum Gasteiger partial charge on any atom is 0.120 e. The number of benzene rings is 3. The van der Waals surface area contributed by atoms with Crippen molar-refractivity contribution in [3.8, 4) is 5.75 Å². The monoisotopic (exact) mass is 336 g/mol. The molecule has 0 heterocycles.